The van der Waals surface area contributed by atoms with Crippen LogP contribution in [0.2, 0.25) is 5.02 Å². The lowest BCUT2D eigenvalue weighted by molar-refractivity contribution is 0.543. The van der Waals surface area contributed by atoms with Crippen LogP contribution in [0, 0.1) is 11.6 Å². The van der Waals surface area contributed by atoms with E-state index >= 15 is 0 Å². The molecule has 0 bridgehead atoms. The van der Waals surface area contributed by atoms with Gasteiger partial charge in [0.15, 0.2) is 0 Å². The first-order valence-corrected chi connectivity index (χ1v) is 7.39. The van der Waals surface area contributed by atoms with E-state index < -0.39 is 5.82 Å². The zero-order valence-corrected chi connectivity index (χ0v) is 12.6. The summed E-state index contributed by atoms with van der Waals surface area (Å²) in [6.07, 6.45) is 0.491. The van der Waals surface area contributed by atoms with E-state index in [2.05, 4.69) is 5.32 Å². The summed E-state index contributed by atoms with van der Waals surface area (Å²) in [5, 5.41) is 3.35. The maximum atomic E-state index is 14.0. The van der Waals surface area contributed by atoms with E-state index in [-0.39, 0.29) is 16.8 Å². The monoisotopic (exact) mass is 309 g/mol. The predicted octanol–water partition coefficient (Wildman–Crippen LogP) is 4.55. The van der Waals surface area contributed by atoms with Crippen LogP contribution in [0.4, 0.5) is 8.78 Å². The molecule has 0 aromatic heterocycles. The van der Waals surface area contributed by atoms with E-state index in [9.17, 15) is 8.78 Å². The molecule has 0 saturated heterocycles. The van der Waals surface area contributed by atoms with Gasteiger partial charge in [0.2, 0.25) is 0 Å². The highest BCUT2D eigenvalue weighted by molar-refractivity contribution is 6.31. The summed E-state index contributed by atoms with van der Waals surface area (Å²) in [7, 11) is 0. The second-order valence-electron chi connectivity index (χ2n) is 4.94. The fourth-order valence-corrected chi connectivity index (χ4v) is 2.59. The molecule has 21 heavy (non-hydrogen) atoms. The highest BCUT2D eigenvalue weighted by atomic mass is 35.5. The molecule has 0 saturated carbocycles. The fraction of sp³-hybridized carbons (Fsp3) is 0.294. The van der Waals surface area contributed by atoms with Gasteiger partial charge < -0.3 is 5.32 Å². The highest BCUT2D eigenvalue weighted by Crippen LogP contribution is 2.28. The Hall–Kier alpha value is -1.45. The SMILES string of the molecule is CCNCC(Cc1cccc(F)c1Cl)c1ccccc1F. The zero-order valence-electron chi connectivity index (χ0n) is 11.9. The zero-order chi connectivity index (χ0) is 15.2. The molecule has 0 amide bonds. The summed E-state index contributed by atoms with van der Waals surface area (Å²) in [4.78, 5) is 0. The molecule has 0 radical (unpaired) electrons. The molecule has 1 nitrogen and oxygen atoms in total. The van der Waals surface area contributed by atoms with Crippen molar-refractivity contribution in [1.29, 1.82) is 0 Å². The molecule has 2 aromatic carbocycles. The van der Waals surface area contributed by atoms with Crippen molar-refractivity contribution >= 4 is 11.6 Å². The third-order valence-corrected chi connectivity index (χ3v) is 3.91. The van der Waals surface area contributed by atoms with Gasteiger partial charge in [-0.15, -0.1) is 0 Å². The second kappa shape index (κ2) is 7.53. The van der Waals surface area contributed by atoms with E-state index in [1.54, 1.807) is 24.3 Å². The average molecular weight is 310 g/mol. The largest absolute Gasteiger partial charge is 0.316 e. The van der Waals surface area contributed by atoms with Crippen molar-refractivity contribution in [2.24, 2.45) is 0 Å². The molecule has 0 aliphatic carbocycles. The van der Waals surface area contributed by atoms with Crippen LogP contribution in [0.5, 0.6) is 0 Å². The molecular formula is C17H18ClF2N. The highest BCUT2D eigenvalue weighted by Gasteiger charge is 2.18. The minimum absolute atomic E-state index is 0.0922. The fourth-order valence-electron chi connectivity index (χ4n) is 2.39. The Bertz CT molecular complexity index is 601. The lowest BCUT2D eigenvalue weighted by Gasteiger charge is -2.19. The number of benzene rings is 2. The molecule has 0 fully saturated rings. The standard InChI is InChI=1S/C17H18ClF2N/c1-2-21-11-13(14-7-3-4-8-15(14)19)10-12-6-5-9-16(20)17(12)18/h3-9,13,21H,2,10-11H2,1H3. The van der Waals surface area contributed by atoms with Gasteiger partial charge in [-0.2, -0.15) is 0 Å². The average Bonchev–Trinajstić information content (AvgIpc) is 2.48. The first kappa shape index (κ1) is 15.9. The molecular weight excluding hydrogens is 292 g/mol. The molecule has 112 valence electrons. The molecule has 0 heterocycles. The quantitative estimate of drug-likeness (QED) is 0.825. The van der Waals surface area contributed by atoms with E-state index in [1.165, 1.54) is 12.1 Å². The van der Waals surface area contributed by atoms with Crippen LogP contribution in [0.15, 0.2) is 42.5 Å². The van der Waals surface area contributed by atoms with Crippen LogP contribution in [-0.4, -0.2) is 13.1 Å². The minimum Gasteiger partial charge on any atom is -0.316 e. The molecule has 4 heteroatoms. The van der Waals surface area contributed by atoms with E-state index in [0.29, 0.717) is 24.1 Å². The van der Waals surface area contributed by atoms with Gasteiger partial charge in [-0.3, -0.25) is 0 Å². The van der Waals surface area contributed by atoms with Crippen molar-refractivity contribution in [3.05, 3.63) is 70.2 Å². The Kier molecular flexibility index (Phi) is 5.71. The van der Waals surface area contributed by atoms with Gasteiger partial charge >= 0.3 is 0 Å². The van der Waals surface area contributed by atoms with Crippen molar-refractivity contribution in [2.75, 3.05) is 13.1 Å². The Labute approximate surface area is 128 Å². The number of hydrogen-bond acceptors (Lipinski definition) is 1. The lowest BCUT2D eigenvalue weighted by Crippen LogP contribution is -2.23. The molecule has 0 aliphatic rings. The van der Waals surface area contributed by atoms with Gasteiger partial charge in [0.05, 0.1) is 5.02 Å². The van der Waals surface area contributed by atoms with Crippen molar-refractivity contribution in [3.63, 3.8) is 0 Å². The molecule has 0 aliphatic heterocycles. The molecule has 1 atom stereocenters. The third kappa shape index (κ3) is 4.02. The van der Waals surface area contributed by atoms with E-state index in [1.807, 2.05) is 13.0 Å². The first-order chi connectivity index (χ1) is 10.1. The molecule has 2 aromatic rings. The number of hydrogen-bond donors (Lipinski definition) is 1. The Balaban J connectivity index is 2.28. The molecule has 0 spiro atoms. The summed E-state index contributed by atoms with van der Waals surface area (Å²) < 4.78 is 27.6. The van der Waals surface area contributed by atoms with E-state index in [4.69, 9.17) is 11.6 Å². The van der Waals surface area contributed by atoms with Crippen LogP contribution in [0.25, 0.3) is 0 Å². The normalized spacial score (nSPS) is 12.4. The molecule has 1 N–H and O–H groups in total. The van der Waals surface area contributed by atoms with Gasteiger partial charge in [-0.1, -0.05) is 48.9 Å². The third-order valence-electron chi connectivity index (χ3n) is 3.48. The number of nitrogens with one attached hydrogen (secondary N) is 1. The summed E-state index contributed by atoms with van der Waals surface area (Å²) in [5.41, 5.74) is 1.32. The number of likely N-dealkylation sites (N-methyl/N-ethyl adjacent to an activating group) is 1. The smallest absolute Gasteiger partial charge is 0.142 e. The van der Waals surface area contributed by atoms with Crippen molar-refractivity contribution in [2.45, 2.75) is 19.3 Å². The van der Waals surface area contributed by atoms with Gasteiger partial charge in [-0.05, 0) is 36.2 Å². The van der Waals surface area contributed by atoms with Gasteiger partial charge in [0.1, 0.15) is 11.6 Å². The second-order valence-corrected chi connectivity index (χ2v) is 5.32. The maximum Gasteiger partial charge on any atom is 0.142 e. The summed E-state index contributed by atoms with van der Waals surface area (Å²) in [5.74, 6) is -0.775. The number of rotatable bonds is 6. The van der Waals surface area contributed by atoms with Crippen LogP contribution in [0.3, 0.4) is 0 Å². The van der Waals surface area contributed by atoms with Crippen molar-refractivity contribution in [1.82, 2.24) is 5.32 Å². The van der Waals surface area contributed by atoms with Crippen LogP contribution < -0.4 is 5.32 Å². The maximum absolute atomic E-state index is 14.0. The molecule has 1 unspecified atom stereocenters. The van der Waals surface area contributed by atoms with Crippen LogP contribution in [-0.2, 0) is 6.42 Å². The number of halogens is 3. The predicted molar refractivity (Wildman–Crippen MR) is 82.8 cm³/mol. The Morgan fingerprint density at radius 1 is 1.05 bits per heavy atom. The van der Waals surface area contributed by atoms with Gasteiger partial charge in [0.25, 0.3) is 0 Å². The summed E-state index contributed by atoms with van der Waals surface area (Å²) in [6, 6.07) is 11.4. The van der Waals surface area contributed by atoms with Crippen molar-refractivity contribution < 1.29 is 8.78 Å². The summed E-state index contributed by atoms with van der Waals surface area (Å²) in [6.45, 7) is 3.40. The minimum atomic E-state index is -0.440. The van der Waals surface area contributed by atoms with Crippen LogP contribution >= 0.6 is 11.6 Å². The Morgan fingerprint density at radius 3 is 2.48 bits per heavy atom. The van der Waals surface area contributed by atoms with E-state index in [0.717, 1.165) is 6.54 Å². The van der Waals surface area contributed by atoms with Crippen molar-refractivity contribution in [3.8, 4) is 0 Å². The summed E-state index contributed by atoms with van der Waals surface area (Å²) >= 11 is 6.01. The molecule has 2 rings (SSSR count). The van der Waals surface area contributed by atoms with Crippen LogP contribution in [0.1, 0.15) is 24.0 Å². The lowest BCUT2D eigenvalue weighted by atomic mass is 9.91. The first-order valence-electron chi connectivity index (χ1n) is 7.01. The van der Waals surface area contributed by atoms with Gasteiger partial charge in [0, 0.05) is 12.5 Å². The Morgan fingerprint density at radius 2 is 1.76 bits per heavy atom. The topological polar surface area (TPSA) is 12.0 Å². The van der Waals surface area contributed by atoms with Gasteiger partial charge in [-0.25, -0.2) is 8.78 Å².